The SMILES string of the molecule is Cc1cc2cc(C(=O)c3cnn(-c4ccc(Oc5ccccc5F)cc4C)c3N)[nH]c2cc1N1C(=O)N[C@@H](C(C)C)C1=O. The molecule has 11 heteroatoms. The van der Waals surface area contributed by atoms with Gasteiger partial charge in [0.1, 0.15) is 17.6 Å². The van der Waals surface area contributed by atoms with Crippen LogP contribution in [0.1, 0.15) is 41.0 Å². The van der Waals surface area contributed by atoms with E-state index in [1.165, 1.54) is 16.9 Å². The number of anilines is 2. The molecule has 3 heterocycles. The Bertz CT molecular complexity index is 1940. The number of aryl methyl sites for hydroxylation is 2. The van der Waals surface area contributed by atoms with Crippen molar-refractivity contribution in [2.75, 3.05) is 10.6 Å². The molecule has 0 saturated carbocycles. The zero-order valence-electron chi connectivity index (χ0n) is 23.9. The van der Waals surface area contributed by atoms with E-state index in [-0.39, 0.29) is 40.4 Å². The number of imide groups is 1. The maximum absolute atomic E-state index is 14.0. The minimum absolute atomic E-state index is 0.0551. The van der Waals surface area contributed by atoms with Gasteiger partial charge in [0.05, 0.1) is 28.8 Å². The van der Waals surface area contributed by atoms with Gasteiger partial charge < -0.3 is 20.8 Å². The molecule has 1 saturated heterocycles. The number of benzene rings is 3. The number of para-hydroxylation sites is 1. The van der Waals surface area contributed by atoms with Crippen LogP contribution in [0.15, 0.2) is 66.9 Å². The Labute approximate surface area is 246 Å². The molecule has 3 aromatic carbocycles. The lowest BCUT2D eigenvalue weighted by molar-refractivity contribution is -0.119. The van der Waals surface area contributed by atoms with Crippen LogP contribution in [-0.2, 0) is 4.79 Å². The predicted molar refractivity (Wildman–Crippen MR) is 160 cm³/mol. The third-order valence-electron chi connectivity index (χ3n) is 7.57. The highest BCUT2D eigenvalue weighted by Crippen LogP contribution is 2.32. The number of hydrogen-bond acceptors (Lipinski definition) is 6. The van der Waals surface area contributed by atoms with Crippen LogP contribution in [0.2, 0.25) is 0 Å². The molecule has 10 nitrogen and oxygen atoms in total. The average Bonchev–Trinajstić information content (AvgIpc) is 3.64. The smallest absolute Gasteiger partial charge is 0.329 e. The number of carbonyl (C=O) groups is 3. The Balaban J connectivity index is 1.28. The molecule has 43 heavy (non-hydrogen) atoms. The van der Waals surface area contributed by atoms with Gasteiger partial charge in [-0.15, -0.1) is 0 Å². The number of carbonyl (C=O) groups excluding carboxylic acids is 3. The van der Waals surface area contributed by atoms with Crippen LogP contribution < -0.4 is 20.7 Å². The molecule has 1 aliphatic heterocycles. The molecule has 1 aliphatic rings. The van der Waals surface area contributed by atoms with E-state index < -0.39 is 17.9 Å². The lowest BCUT2D eigenvalue weighted by atomic mass is 10.0. The van der Waals surface area contributed by atoms with Crippen LogP contribution >= 0.6 is 0 Å². The molecule has 3 amide bonds. The second-order valence-corrected chi connectivity index (χ2v) is 10.9. The summed E-state index contributed by atoms with van der Waals surface area (Å²) in [6.45, 7) is 7.39. The van der Waals surface area contributed by atoms with Crippen LogP contribution in [0.5, 0.6) is 11.5 Å². The summed E-state index contributed by atoms with van der Waals surface area (Å²) in [5.74, 6) is -0.516. The molecule has 0 spiro atoms. The number of urea groups is 1. The van der Waals surface area contributed by atoms with Crippen LogP contribution in [-0.4, -0.2) is 38.5 Å². The van der Waals surface area contributed by atoms with Crippen molar-refractivity contribution in [1.82, 2.24) is 20.1 Å². The molecule has 1 atom stereocenters. The van der Waals surface area contributed by atoms with Crippen molar-refractivity contribution in [2.24, 2.45) is 5.92 Å². The van der Waals surface area contributed by atoms with Crippen LogP contribution in [0.3, 0.4) is 0 Å². The molecule has 1 fully saturated rings. The van der Waals surface area contributed by atoms with Crippen LogP contribution in [0, 0.1) is 25.6 Å². The number of aromatic amines is 1. The average molecular weight is 581 g/mol. The number of ether oxygens (including phenoxy) is 1. The summed E-state index contributed by atoms with van der Waals surface area (Å²) in [7, 11) is 0. The minimum atomic E-state index is -0.595. The van der Waals surface area contributed by atoms with E-state index in [1.54, 1.807) is 48.5 Å². The van der Waals surface area contributed by atoms with Crippen molar-refractivity contribution in [3.63, 3.8) is 0 Å². The topological polar surface area (TPSA) is 135 Å². The molecular formula is C32H29FN6O4. The summed E-state index contributed by atoms with van der Waals surface area (Å²) in [6.07, 6.45) is 1.41. The first-order valence-corrected chi connectivity index (χ1v) is 13.7. The van der Waals surface area contributed by atoms with Gasteiger partial charge in [0, 0.05) is 10.9 Å². The molecule has 4 N–H and O–H groups in total. The van der Waals surface area contributed by atoms with Crippen molar-refractivity contribution in [1.29, 1.82) is 0 Å². The fraction of sp³-hybridized carbons (Fsp3) is 0.188. The van der Waals surface area contributed by atoms with E-state index >= 15 is 0 Å². The van der Waals surface area contributed by atoms with Crippen molar-refractivity contribution < 1.29 is 23.5 Å². The fourth-order valence-corrected chi connectivity index (χ4v) is 5.28. The van der Waals surface area contributed by atoms with Gasteiger partial charge in [-0.25, -0.2) is 18.8 Å². The number of fused-ring (bicyclic) bond motifs is 1. The zero-order valence-corrected chi connectivity index (χ0v) is 23.9. The second kappa shape index (κ2) is 10.4. The van der Waals surface area contributed by atoms with Crippen LogP contribution in [0.25, 0.3) is 16.6 Å². The molecule has 0 aliphatic carbocycles. The lowest BCUT2D eigenvalue weighted by Gasteiger charge is -2.17. The van der Waals surface area contributed by atoms with E-state index in [1.807, 2.05) is 33.8 Å². The highest BCUT2D eigenvalue weighted by atomic mass is 19.1. The summed E-state index contributed by atoms with van der Waals surface area (Å²) in [5, 5.41) is 7.84. The number of halogens is 1. The summed E-state index contributed by atoms with van der Waals surface area (Å²) in [5.41, 5.74) is 10.0. The third-order valence-corrected chi connectivity index (χ3v) is 7.57. The van der Waals surface area contributed by atoms with E-state index in [9.17, 15) is 18.8 Å². The third kappa shape index (κ3) is 4.78. The molecule has 2 aromatic heterocycles. The Morgan fingerprint density at radius 2 is 1.77 bits per heavy atom. The molecule has 0 radical (unpaired) electrons. The summed E-state index contributed by atoms with van der Waals surface area (Å²) >= 11 is 0. The number of H-pyrrole nitrogens is 1. The van der Waals surface area contributed by atoms with E-state index in [0.29, 0.717) is 28.2 Å². The number of ketones is 1. The van der Waals surface area contributed by atoms with Crippen molar-refractivity contribution in [3.05, 3.63) is 95.1 Å². The largest absolute Gasteiger partial charge is 0.454 e. The summed E-state index contributed by atoms with van der Waals surface area (Å²) in [4.78, 5) is 43.5. The number of hydrogen-bond donors (Lipinski definition) is 3. The first-order valence-electron chi connectivity index (χ1n) is 13.7. The fourth-order valence-electron chi connectivity index (χ4n) is 5.28. The Kier molecular flexibility index (Phi) is 6.72. The minimum Gasteiger partial charge on any atom is -0.454 e. The molecule has 0 unspecified atom stereocenters. The Hall–Kier alpha value is -5.45. The first-order chi connectivity index (χ1) is 20.5. The highest BCUT2D eigenvalue weighted by molar-refractivity contribution is 6.22. The van der Waals surface area contributed by atoms with Gasteiger partial charge in [-0.1, -0.05) is 26.0 Å². The monoisotopic (exact) mass is 580 g/mol. The van der Waals surface area contributed by atoms with Crippen LogP contribution in [0.4, 0.5) is 20.7 Å². The summed E-state index contributed by atoms with van der Waals surface area (Å²) < 4.78 is 21.2. The highest BCUT2D eigenvalue weighted by Gasteiger charge is 2.41. The number of nitrogen functional groups attached to an aromatic ring is 1. The molecule has 0 bridgehead atoms. The first kappa shape index (κ1) is 27.7. The van der Waals surface area contributed by atoms with Gasteiger partial charge in [-0.3, -0.25) is 9.59 Å². The molecular weight excluding hydrogens is 551 g/mol. The van der Waals surface area contributed by atoms with Gasteiger partial charge in [0.2, 0.25) is 5.78 Å². The molecule has 5 aromatic rings. The number of aromatic nitrogens is 3. The van der Waals surface area contributed by atoms with E-state index in [0.717, 1.165) is 15.8 Å². The van der Waals surface area contributed by atoms with Gasteiger partial charge >= 0.3 is 6.03 Å². The van der Waals surface area contributed by atoms with Crippen molar-refractivity contribution >= 4 is 40.1 Å². The van der Waals surface area contributed by atoms with Gasteiger partial charge in [-0.05, 0) is 79.4 Å². The number of amides is 3. The van der Waals surface area contributed by atoms with Gasteiger partial charge in [0.15, 0.2) is 11.6 Å². The predicted octanol–water partition coefficient (Wildman–Crippen LogP) is 5.80. The normalized spacial score (nSPS) is 15.0. The molecule has 218 valence electrons. The standard InChI is InChI=1S/C32H29FN6O4/c1-16(2)28-31(41)38(32(42)37-28)26-14-23-19(11-17(26)3)13-24(36-23)29(40)21-15-35-39(30(21)34)25-10-9-20(12-18(25)4)43-27-8-6-5-7-22(27)33/h5-16,28,36H,34H2,1-4H3,(H,37,42)/t28-/m0/s1. The van der Waals surface area contributed by atoms with Crippen molar-refractivity contribution in [2.45, 2.75) is 33.7 Å². The number of nitrogens with zero attached hydrogens (tertiary/aromatic N) is 3. The maximum atomic E-state index is 14.0. The number of rotatable bonds is 7. The zero-order chi connectivity index (χ0) is 30.6. The van der Waals surface area contributed by atoms with Gasteiger partial charge in [0.25, 0.3) is 5.91 Å². The maximum Gasteiger partial charge on any atom is 0.329 e. The number of nitrogens with two attached hydrogens (primary N) is 1. The van der Waals surface area contributed by atoms with E-state index in [2.05, 4.69) is 15.4 Å². The quantitative estimate of drug-likeness (QED) is 0.165. The van der Waals surface area contributed by atoms with E-state index in [4.69, 9.17) is 10.5 Å². The second-order valence-electron chi connectivity index (χ2n) is 10.9. The van der Waals surface area contributed by atoms with Crippen molar-refractivity contribution in [3.8, 4) is 17.2 Å². The number of nitrogens with one attached hydrogen (secondary N) is 2. The summed E-state index contributed by atoms with van der Waals surface area (Å²) in [6, 6.07) is 15.4. The van der Waals surface area contributed by atoms with Gasteiger partial charge in [-0.2, -0.15) is 5.10 Å². The Morgan fingerprint density at radius 1 is 1.02 bits per heavy atom. The lowest BCUT2D eigenvalue weighted by Crippen LogP contribution is -2.34. The Morgan fingerprint density at radius 3 is 2.47 bits per heavy atom. The molecule has 6 rings (SSSR count).